The van der Waals surface area contributed by atoms with E-state index in [9.17, 15) is 9.59 Å². The number of carbonyl (C=O) groups is 2. The number of hydrogen-bond donors (Lipinski definition) is 0. The molecule has 0 aliphatic rings. The highest BCUT2D eigenvalue weighted by Gasteiger charge is 2.19. The normalized spacial score (nSPS) is 11.3. The summed E-state index contributed by atoms with van der Waals surface area (Å²) in [4.78, 5) is 23.4. The van der Waals surface area contributed by atoms with Crippen LogP contribution in [0.3, 0.4) is 0 Å². The minimum atomic E-state index is -0.748. The first-order valence-electron chi connectivity index (χ1n) is 8.31. The van der Waals surface area contributed by atoms with Gasteiger partial charge in [0.15, 0.2) is 11.9 Å². The van der Waals surface area contributed by atoms with Crippen molar-refractivity contribution in [3.63, 3.8) is 0 Å². The molecule has 0 saturated carbocycles. The number of carbonyl (C=O) groups excluding carboxylic acids is 2. The van der Waals surface area contributed by atoms with E-state index >= 15 is 0 Å². The van der Waals surface area contributed by atoms with Crippen LogP contribution in [-0.2, 0) is 20.9 Å². The lowest BCUT2D eigenvalue weighted by atomic mass is 10.2. The van der Waals surface area contributed by atoms with Gasteiger partial charge in [-0.2, -0.15) is 0 Å². The second-order valence-corrected chi connectivity index (χ2v) is 5.62. The van der Waals surface area contributed by atoms with E-state index in [-0.39, 0.29) is 18.8 Å². The third-order valence-electron chi connectivity index (χ3n) is 3.52. The Kier molecular flexibility index (Phi) is 7.43. The lowest BCUT2D eigenvalue weighted by molar-refractivity contribution is -0.146. The Labute approximate surface area is 153 Å². The SMILES string of the molecule is C=CCOC(=O)CC(=O)C(C)Oc1ccc(OCc2ccccc2)cc1. The molecule has 0 N–H and O–H groups in total. The number of Topliss-reactive ketones (excluding diaryl/α,β-unsaturated/α-hetero) is 1. The number of ketones is 1. The summed E-state index contributed by atoms with van der Waals surface area (Å²) in [7, 11) is 0. The van der Waals surface area contributed by atoms with Crippen molar-refractivity contribution >= 4 is 11.8 Å². The Morgan fingerprint density at radius 2 is 1.69 bits per heavy atom. The van der Waals surface area contributed by atoms with Crippen LogP contribution < -0.4 is 9.47 Å². The van der Waals surface area contributed by atoms with Gasteiger partial charge >= 0.3 is 5.97 Å². The molecule has 0 aromatic heterocycles. The molecule has 26 heavy (non-hydrogen) atoms. The fraction of sp³-hybridized carbons (Fsp3) is 0.238. The molecule has 0 heterocycles. The van der Waals surface area contributed by atoms with Crippen LogP contribution in [0.5, 0.6) is 11.5 Å². The van der Waals surface area contributed by atoms with Crippen molar-refractivity contribution < 1.29 is 23.8 Å². The first kappa shape index (κ1) is 19.2. The zero-order chi connectivity index (χ0) is 18.8. The molecule has 0 saturated heterocycles. The van der Waals surface area contributed by atoms with Gasteiger partial charge in [0, 0.05) is 0 Å². The summed E-state index contributed by atoms with van der Waals surface area (Å²) in [5, 5.41) is 0. The van der Waals surface area contributed by atoms with Crippen molar-refractivity contribution in [1.82, 2.24) is 0 Å². The van der Waals surface area contributed by atoms with Gasteiger partial charge in [-0.1, -0.05) is 43.0 Å². The molecule has 0 radical (unpaired) electrons. The standard InChI is InChI=1S/C21H22O5/c1-3-13-24-21(23)14-20(22)16(2)26-19-11-9-18(10-12-19)25-15-17-7-5-4-6-8-17/h3-12,16H,1,13-15H2,2H3. The van der Waals surface area contributed by atoms with Crippen molar-refractivity contribution in [2.75, 3.05) is 6.61 Å². The Morgan fingerprint density at radius 3 is 2.35 bits per heavy atom. The highest BCUT2D eigenvalue weighted by atomic mass is 16.5. The lowest BCUT2D eigenvalue weighted by Crippen LogP contribution is -2.26. The van der Waals surface area contributed by atoms with E-state index in [0.29, 0.717) is 18.1 Å². The average molecular weight is 354 g/mol. The Morgan fingerprint density at radius 1 is 1.04 bits per heavy atom. The van der Waals surface area contributed by atoms with E-state index < -0.39 is 12.1 Å². The van der Waals surface area contributed by atoms with Gasteiger partial charge in [0.2, 0.25) is 0 Å². The predicted molar refractivity (Wildman–Crippen MR) is 98.1 cm³/mol. The van der Waals surface area contributed by atoms with Gasteiger partial charge in [0.25, 0.3) is 0 Å². The highest BCUT2D eigenvalue weighted by Crippen LogP contribution is 2.20. The van der Waals surface area contributed by atoms with Crippen LogP contribution in [0, 0.1) is 0 Å². The number of hydrogen-bond acceptors (Lipinski definition) is 5. The third kappa shape index (κ3) is 6.43. The maximum atomic E-state index is 12.0. The van der Waals surface area contributed by atoms with E-state index in [1.54, 1.807) is 31.2 Å². The topological polar surface area (TPSA) is 61.8 Å². The van der Waals surface area contributed by atoms with Crippen LogP contribution in [-0.4, -0.2) is 24.5 Å². The largest absolute Gasteiger partial charge is 0.489 e. The second kappa shape index (κ2) is 10.0. The number of benzene rings is 2. The van der Waals surface area contributed by atoms with Gasteiger partial charge in [-0.25, -0.2) is 0 Å². The van der Waals surface area contributed by atoms with Gasteiger partial charge in [-0.15, -0.1) is 0 Å². The summed E-state index contributed by atoms with van der Waals surface area (Å²) in [5.41, 5.74) is 1.08. The third-order valence-corrected chi connectivity index (χ3v) is 3.52. The summed E-state index contributed by atoms with van der Waals surface area (Å²) in [6.07, 6.45) is 0.374. The summed E-state index contributed by atoms with van der Waals surface area (Å²) >= 11 is 0. The molecule has 2 aromatic carbocycles. The molecular weight excluding hydrogens is 332 g/mol. The van der Waals surface area contributed by atoms with Crippen molar-refractivity contribution in [2.24, 2.45) is 0 Å². The molecule has 0 spiro atoms. The maximum absolute atomic E-state index is 12.0. The van der Waals surface area contributed by atoms with Crippen LogP contribution in [0.15, 0.2) is 67.3 Å². The summed E-state index contributed by atoms with van der Waals surface area (Å²) in [5.74, 6) is 0.295. The Bertz CT molecular complexity index is 722. The quantitative estimate of drug-likeness (QED) is 0.370. The summed E-state index contributed by atoms with van der Waals surface area (Å²) in [6, 6.07) is 16.8. The van der Waals surface area contributed by atoms with E-state index in [2.05, 4.69) is 6.58 Å². The first-order valence-corrected chi connectivity index (χ1v) is 8.31. The summed E-state index contributed by atoms with van der Waals surface area (Å²) in [6.45, 7) is 5.61. The number of esters is 1. The lowest BCUT2D eigenvalue weighted by Gasteiger charge is -2.14. The Hall–Kier alpha value is -3.08. The zero-order valence-electron chi connectivity index (χ0n) is 14.7. The Balaban J connectivity index is 1.81. The number of rotatable bonds is 10. The molecule has 0 fully saturated rings. The fourth-order valence-corrected chi connectivity index (χ4v) is 2.11. The fourth-order valence-electron chi connectivity index (χ4n) is 2.11. The minimum absolute atomic E-state index is 0.0891. The van der Waals surface area contributed by atoms with Gasteiger partial charge in [0.1, 0.15) is 31.1 Å². The average Bonchev–Trinajstić information content (AvgIpc) is 2.66. The molecule has 0 bridgehead atoms. The van der Waals surface area contributed by atoms with Gasteiger partial charge < -0.3 is 14.2 Å². The van der Waals surface area contributed by atoms with Crippen molar-refractivity contribution in [3.05, 3.63) is 72.8 Å². The minimum Gasteiger partial charge on any atom is -0.489 e. The molecule has 0 aliphatic carbocycles. The van der Waals surface area contributed by atoms with Crippen LogP contribution in [0.2, 0.25) is 0 Å². The van der Waals surface area contributed by atoms with Gasteiger partial charge in [-0.05, 0) is 36.8 Å². The van der Waals surface area contributed by atoms with E-state index in [0.717, 1.165) is 5.56 Å². The van der Waals surface area contributed by atoms with E-state index in [4.69, 9.17) is 14.2 Å². The van der Waals surface area contributed by atoms with Crippen LogP contribution >= 0.6 is 0 Å². The van der Waals surface area contributed by atoms with Crippen LogP contribution in [0.25, 0.3) is 0 Å². The van der Waals surface area contributed by atoms with E-state index in [1.807, 2.05) is 30.3 Å². The molecule has 0 amide bonds. The van der Waals surface area contributed by atoms with Crippen molar-refractivity contribution in [1.29, 1.82) is 0 Å². The van der Waals surface area contributed by atoms with Crippen LogP contribution in [0.1, 0.15) is 18.9 Å². The predicted octanol–water partition coefficient (Wildman–Crippen LogP) is 3.72. The molecular formula is C21H22O5. The molecule has 2 rings (SSSR count). The first-order chi connectivity index (χ1) is 12.6. The molecule has 5 heteroatoms. The molecule has 2 aromatic rings. The molecule has 5 nitrogen and oxygen atoms in total. The van der Waals surface area contributed by atoms with Crippen molar-refractivity contribution in [2.45, 2.75) is 26.1 Å². The second-order valence-electron chi connectivity index (χ2n) is 5.62. The maximum Gasteiger partial charge on any atom is 0.313 e. The smallest absolute Gasteiger partial charge is 0.313 e. The van der Waals surface area contributed by atoms with Gasteiger partial charge in [0.05, 0.1) is 0 Å². The zero-order valence-corrected chi connectivity index (χ0v) is 14.7. The van der Waals surface area contributed by atoms with Gasteiger partial charge in [-0.3, -0.25) is 9.59 Å². The molecule has 0 aliphatic heterocycles. The monoisotopic (exact) mass is 354 g/mol. The van der Waals surface area contributed by atoms with Crippen LogP contribution in [0.4, 0.5) is 0 Å². The highest BCUT2D eigenvalue weighted by molar-refractivity contribution is 5.97. The van der Waals surface area contributed by atoms with E-state index in [1.165, 1.54) is 6.08 Å². The molecule has 136 valence electrons. The molecule has 1 atom stereocenters. The molecule has 1 unspecified atom stereocenters. The van der Waals surface area contributed by atoms with Crippen molar-refractivity contribution in [3.8, 4) is 11.5 Å². The summed E-state index contributed by atoms with van der Waals surface area (Å²) < 4.78 is 16.1. The number of ether oxygens (including phenoxy) is 3.